The van der Waals surface area contributed by atoms with Gasteiger partial charge in [0.05, 0.1) is 42.0 Å². The molecule has 3 N–H and O–H groups in total. The molecule has 3 aromatic rings. The normalized spacial score (nSPS) is 20.0. The average Bonchev–Trinajstić information content (AvgIpc) is 3.07. The molecule has 4 rings (SSSR count). The molecule has 0 spiro atoms. The second-order valence-corrected chi connectivity index (χ2v) is 7.15. The number of hydrogen-bond acceptors (Lipinski definition) is 5. The summed E-state index contributed by atoms with van der Waals surface area (Å²) in [7, 11) is 0. The van der Waals surface area contributed by atoms with Crippen molar-refractivity contribution in [2.75, 3.05) is 24.6 Å². The van der Waals surface area contributed by atoms with Crippen LogP contribution in [0, 0.1) is 6.57 Å². The van der Waals surface area contributed by atoms with Crippen molar-refractivity contribution in [3.05, 3.63) is 59.7 Å². The van der Waals surface area contributed by atoms with Crippen LogP contribution in [0.4, 0.5) is 11.6 Å². The average molecular weight is 362 g/mol. The zero-order valence-corrected chi connectivity index (χ0v) is 15.0. The first kappa shape index (κ1) is 17.5. The van der Waals surface area contributed by atoms with Crippen LogP contribution in [0.2, 0.25) is 0 Å². The zero-order valence-electron chi connectivity index (χ0n) is 15.0. The molecule has 27 heavy (non-hydrogen) atoms. The number of fused-ring (bicyclic) bond motifs is 1. The van der Waals surface area contributed by atoms with Gasteiger partial charge < -0.3 is 20.3 Å². The minimum atomic E-state index is -0.600. The molecule has 0 amide bonds. The first-order valence-corrected chi connectivity index (χ1v) is 9.04. The van der Waals surface area contributed by atoms with E-state index in [1.165, 1.54) is 0 Å². The molecule has 0 saturated carbocycles. The lowest BCUT2D eigenvalue weighted by atomic mass is 9.91. The van der Waals surface area contributed by atoms with Gasteiger partial charge in [-0.3, -0.25) is 4.98 Å². The van der Waals surface area contributed by atoms with Crippen LogP contribution in [0.25, 0.3) is 15.9 Å². The number of aromatic nitrogens is 3. The summed E-state index contributed by atoms with van der Waals surface area (Å²) < 4.78 is 2.14. The third-order valence-corrected chi connectivity index (χ3v) is 5.10. The fraction of sp³-hybridized carbons (Fsp3) is 0.350. The van der Waals surface area contributed by atoms with Crippen molar-refractivity contribution in [1.29, 1.82) is 0 Å². The summed E-state index contributed by atoms with van der Waals surface area (Å²) in [5.41, 5.74) is 9.09. The Morgan fingerprint density at radius 3 is 2.85 bits per heavy atom. The predicted octanol–water partition coefficient (Wildman–Crippen LogP) is 2.32. The Bertz CT molecular complexity index is 990. The van der Waals surface area contributed by atoms with Crippen LogP contribution in [0.1, 0.15) is 18.5 Å². The molecule has 0 bridgehead atoms. The number of pyridine rings is 1. The number of aliphatic hydroxyl groups is 1. The fourth-order valence-electron chi connectivity index (χ4n) is 3.66. The third-order valence-electron chi connectivity index (χ3n) is 5.10. The molecule has 138 valence electrons. The van der Waals surface area contributed by atoms with Gasteiger partial charge in [0.15, 0.2) is 0 Å². The van der Waals surface area contributed by atoms with E-state index in [-0.39, 0.29) is 6.61 Å². The molecule has 1 aliphatic heterocycles. The van der Waals surface area contributed by atoms with E-state index in [1.807, 2.05) is 30.3 Å². The summed E-state index contributed by atoms with van der Waals surface area (Å²) in [4.78, 5) is 14.8. The Balaban J connectivity index is 1.74. The van der Waals surface area contributed by atoms with Crippen molar-refractivity contribution in [2.45, 2.75) is 24.9 Å². The van der Waals surface area contributed by atoms with Gasteiger partial charge in [-0.25, -0.2) is 9.83 Å². The lowest BCUT2D eigenvalue weighted by molar-refractivity contribution is 0.176. The van der Waals surface area contributed by atoms with Crippen molar-refractivity contribution >= 4 is 22.7 Å². The van der Waals surface area contributed by atoms with Gasteiger partial charge in [0.2, 0.25) is 11.6 Å². The molecular weight excluding hydrogens is 340 g/mol. The molecule has 1 aliphatic rings. The molecule has 3 heterocycles. The molecule has 0 unspecified atom stereocenters. The highest BCUT2D eigenvalue weighted by Crippen LogP contribution is 2.28. The molecule has 7 heteroatoms. The van der Waals surface area contributed by atoms with Crippen LogP contribution in [0.15, 0.2) is 42.6 Å². The maximum absolute atomic E-state index is 9.70. The molecule has 1 atom stereocenters. The number of aliphatic hydroxyl groups excluding tert-OH is 1. The van der Waals surface area contributed by atoms with Gasteiger partial charge in [0.25, 0.3) is 0 Å². The van der Waals surface area contributed by atoms with Crippen molar-refractivity contribution < 1.29 is 5.11 Å². The zero-order chi connectivity index (χ0) is 18.9. The van der Waals surface area contributed by atoms with E-state index in [1.54, 1.807) is 12.3 Å². The summed E-state index contributed by atoms with van der Waals surface area (Å²) in [6, 6.07) is 11.7. The van der Waals surface area contributed by atoms with E-state index in [9.17, 15) is 5.11 Å². The summed E-state index contributed by atoms with van der Waals surface area (Å²) in [6.45, 7) is 9.01. The molecule has 7 nitrogen and oxygen atoms in total. The van der Waals surface area contributed by atoms with Crippen molar-refractivity contribution in [3.63, 3.8) is 0 Å². The SMILES string of the molecule is [C-]#[N+]c1ccc(Cn2c(N3CCC[C@](N)(CO)C3)nc3ccccc32)nc1. The van der Waals surface area contributed by atoms with Gasteiger partial charge in [0.1, 0.15) is 0 Å². The minimum Gasteiger partial charge on any atom is -0.394 e. The number of para-hydroxylation sites is 2. The van der Waals surface area contributed by atoms with Gasteiger partial charge in [-0.1, -0.05) is 18.2 Å². The second-order valence-electron chi connectivity index (χ2n) is 7.15. The highest BCUT2D eigenvalue weighted by atomic mass is 16.3. The summed E-state index contributed by atoms with van der Waals surface area (Å²) in [5.74, 6) is 0.843. The summed E-state index contributed by atoms with van der Waals surface area (Å²) in [5, 5.41) is 9.70. The van der Waals surface area contributed by atoms with E-state index >= 15 is 0 Å². The lowest BCUT2D eigenvalue weighted by Crippen LogP contribution is -2.57. The van der Waals surface area contributed by atoms with Gasteiger partial charge in [-0.15, -0.1) is 0 Å². The van der Waals surface area contributed by atoms with Crippen LogP contribution in [-0.2, 0) is 6.54 Å². The van der Waals surface area contributed by atoms with Gasteiger partial charge in [-0.2, -0.15) is 0 Å². The molecular formula is C20H22N6O. The van der Waals surface area contributed by atoms with Gasteiger partial charge in [-0.05, 0) is 31.0 Å². The quantitative estimate of drug-likeness (QED) is 0.696. The van der Waals surface area contributed by atoms with Crippen LogP contribution in [0.5, 0.6) is 0 Å². The number of rotatable bonds is 4. The number of nitrogens with zero attached hydrogens (tertiary/aromatic N) is 5. The predicted molar refractivity (Wildman–Crippen MR) is 105 cm³/mol. The van der Waals surface area contributed by atoms with Crippen molar-refractivity contribution in [1.82, 2.24) is 14.5 Å². The Labute approximate surface area is 157 Å². The van der Waals surface area contributed by atoms with E-state index in [0.29, 0.717) is 18.8 Å². The first-order valence-electron chi connectivity index (χ1n) is 9.04. The number of imidazole rings is 1. The van der Waals surface area contributed by atoms with Gasteiger partial charge >= 0.3 is 0 Å². The first-order chi connectivity index (χ1) is 13.1. The topological polar surface area (TPSA) is 84.6 Å². The van der Waals surface area contributed by atoms with Crippen molar-refractivity contribution in [3.8, 4) is 0 Å². The largest absolute Gasteiger partial charge is 0.394 e. The third kappa shape index (κ3) is 3.37. The van der Waals surface area contributed by atoms with Gasteiger partial charge in [0, 0.05) is 19.3 Å². The highest BCUT2D eigenvalue weighted by molar-refractivity contribution is 5.79. The summed E-state index contributed by atoms with van der Waals surface area (Å²) in [6.07, 6.45) is 3.32. The standard InChI is InChI=1S/C20H22N6O/c1-22-15-7-8-16(23-11-15)12-26-18-6-3-2-5-17(18)24-19(26)25-10-4-9-20(21,13-25)14-27/h2-3,5-8,11,27H,4,9-10,12-14,21H2/t20-/m1/s1. The van der Waals surface area contributed by atoms with E-state index in [2.05, 4.69) is 19.3 Å². The molecule has 2 aromatic heterocycles. The number of piperidine rings is 1. The van der Waals surface area contributed by atoms with Crippen LogP contribution < -0.4 is 10.6 Å². The maximum atomic E-state index is 9.70. The number of anilines is 1. The Morgan fingerprint density at radius 2 is 2.11 bits per heavy atom. The molecule has 0 radical (unpaired) electrons. The lowest BCUT2D eigenvalue weighted by Gasteiger charge is -2.39. The summed E-state index contributed by atoms with van der Waals surface area (Å²) >= 11 is 0. The highest BCUT2D eigenvalue weighted by Gasteiger charge is 2.33. The molecule has 1 saturated heterocycles. The van der Waals surface area contributed by atoms with Crippen LogP contribution >= 0.6 is 0 Å². The number of hydrogen-bond donors (Lipinski definition) is 2. The fourth-order valence-corrected chi connectivity index (χ4v) is 3.66. The minimum absolute atomic E-state index is 0.0383. The van der Waals surface area contributed by atoms with E-state index in [4.69, 9.17) is 17.3 Å². The monoisotopic (exact) mass is 362 g/mol. The van der Waals surface area contributed by atoms with Crippen LogP contribution in [0.3, 0.4) is 0 Å². The molecule has 1 aromatic carbocycles. The van der Waals surface area contributed by atoms with Crippen LogP contribution in [-0.4, -0.2) is 44.9 Å². The smallest absolute Gasteiger partial charge is 0.206 e. The second kappa shape index (κ2) is 6.99. The van der Waals surface area contributed by atoms with E-state index in [0.717, 1.165) is 42.1 Å². The van der Waals surface area contributed by atoms with E-state index < -0.39 is 5.54 Å². The number of nitrogens with two attached hydrogens (primary N) is 1. The Morgan fingerprint density at radius 1 is 1.26 bits per heavy atom. The number of benzene rings is 1. The Kier molecular flexibility index (Phi) is 4.52. The molecule has 1 fully saturated rings. The molecule has 0 aliphatic carbocycles. The van der Waals surface area contributed by atoms with Crippen molar-refractivity contribution in [2.24, 2.45) is 5.73 Å². The maximum Gasteiger partial charge on any atom is 0.206 e. The Hall–Kier alpha value is -2.95.